The molecule has 1 unspecified atom stereocenters. The Morgan fingerprint density at radius 2 is 1.95 bits per heavy atom. The lowest BCUT2D eigenvalue weighted by molar-refractivity contribution is 0.651. The van der Waals surface area contributed by atoms with Crippen molar-refractivity contribution in [2.24, 2.45) is 12.8 Å². The molecule has 0 aliphatic heterocycles. The second kappa shape index (κ2) is 6.78. The van der Waals surface area contributed by atoms with E-state index in [1.54, 1.807) is 11.8 Å². The summed E-state index contributed by atoms with van der Waals surface area (Å²) in [5, 5.41) is 4.40. The summed E-state index contributed by atoms with van der Waals surface area (Å²) in [7, 11) is 1.97. The number of nitrogens with zero attached hydrogens (tertiary/aromatic N) is 2. The number of hydrogen-bond acceptors (Lipinski definition) is 3. The van der Waals surface area contributed by atoms with Gasteiger partial charge >= 0.3 is 0 Å². The highest BCUT2D eigenvalue weighted by Crippen LogP contribution is 2.23. The summed E-state index contributed by atoms with van der Waals surface area (Å²) in [6.45, 7) is 4.10. The van der Waals surface area contributed by atoms with E-state index in [-0.39, 0.29) is 6.04 Å². The monoisotopic (exact) mass is 353 g/mol. The van der Waals surface area contributed by atoms with E-state index in [0.717, 1.165) is 22.3 Å². The molecular weight excluding hydrogens is 334 g/mol. The van der Waals surface area contributed by atoms with Gasteiger partial charge in [0, 0.05) is 30.2 Å². The van der Waals surface area contributed by atoms with Crippen molar-refractivity contribution in [3.8, 4) is 0 Å². The summed E-state index contributed by atoms with van der Waals surface area (Å²) >= 11 is 5.39. The molecule has 0 spiro atoms. The van der Waals surface area contributed by atoms with Gasteiger partial charge in [0.2, 0.25) is 0 Å². The molecule has 0 radical (unpaired) electrons. The van der Waals surface area contributed by atoms with E-state index < -0.39 is 0 Å². The largest absolute Gasteiger partial charge is 0.327 e. The number of hydrogen-bond donors (Lipinski definition) is 1. The van der Waals surface area contributed by atoms with E-state index in [1.807, 2.05) is 18.7 Å². The fourth-order valence-corrected chi connectivity index (χ4v) is 3.40. The van der Waals surface area contributed by atoms with Crippen molar-refractivity contribution in [1.29, 1.82) is 0 Å². The predicted octanol–water partition coefficient (Wildman–Crippen LogP) is 3.46. The number of aromatic nitrogens is 2. The zero-order valence-corrected chi connectivity index (χ0v) is 14.5. The second-order valence-electron chi connectivity index (χ2n) is 5.06. The van der Waals surface area contributed by atoms with Crippen LogP contribution in [0.25, 0.3) is 0 Å². The zero-order valence-electron chi connectivity index (χ0n) is 12.1. The van der Waals surface area contributed by atoms with E-state index in [2.05, 4.69) is 52.2 Å². The molecule has 108 valence electrons. The molecule has 20 heavy (non-hydrogen) atoms. The van der Waals surface area contributed by atoms with Crippen LogP contribution in [0.1, 0.15) is 17.0 Å². The first-order chi connectivity index (χ1) is 9.47. The van der Waals surface area contributed by atoms with Crippen LogP contribution in [0.15, 0.2) is 33.6 Å². The third kappa shape index (κ3) is 3.87. The maximum absolute atomic E-state index is 6.25. The Hall–Kier alpha value is -0.780. The minimum atomic E-state index is 0.118. The Morgan fingerprint density at radius 3 is 2.50 bits per heavy atom. The third-order valence-electron chi connectivity index (χ3n) is 3.20. The number of benzene rings is 1. The van der Waals surface area contributed by atoms with Gasteiger partial charge in [-0.2, -0.15) is 5.10 Å². The molecule has 1 aromatic carbocycles. The van der Waals surface area contributed by atoms with Crippen molar-refractivity contribution < 1.29 is 0 Å². The maximum Gasteiger partial charge on any atom is 0.0738 e. The van der Waals surface area contributed by atoms with Crippen LogP contribution in [-0.2, 0) is 13.5 Å². The molecule has 0 fully saturated rings. The van der Waals surface area contributed by atoms with E-state index in [1.165, 1.54) is 16.2 Å². The van der Waals surface area contributed by atoms with Gasteiger partial charge in [0.25, 0.3) is 0 Å². The topological polar surface area (TPSA) is 43.8 Å². The standard InChI is InChI=1S/C15H20BrN3S/c1-10-4-6-13(7-5-10)20-9-12(17)8-14-15(16)11(2)18-19(14)3/h4-7,12H,8-9,17H2,1-3H3. The zero-order chi connectivity index (χ0) is 14.7. The fraction of sp³-hybridized carbons (Fsp3) is 0.400. The van der Waals surface area contributed by atoms with Crippen LogP contribution >= 0.6 is 27.7 Å². The Bertz CT molecular complexity index is 578. The van der Waals surface area contributed by atoms with Gasteiger partial charge in [0.15, 0.2) is 0 Å². The summed E-state index contributed by atoms with van der Waals surface area (Å²) in [5.41, 5.74) is 9.71. The first-order valence-corrected chi connectivity index (χ1v) is 8.38. The van der Waals surface area contributed by atoms with Crippen molar-refractivity contribution in [3.05, 3.63) is 45.7 Å². The van der Waals surface area contributed by atoms with Crippen LogP contribution in [0.2, 0.25) is 0 Å². The molecule has 1 heterocycles. The summed E-state index contributed by atoms with van der Waals surface area (Å²) in [6, 6.07) is 8.68. The van der Waals surface area contributed by atoms with Gasteiger partial charge in [-0.3, -0.25) is 4.68 Å². The van der Waals surface area contributed by atoms with Gasteiger partial charge in [-0.15, -0.1) is 11.8 Å². The average molecular weight is 354 g/mol. The minimum absolute atomic E-state index is 0.118. The Balaban J connectivity index is 1.92. The van der Waals surface area contributed by atoms with Crippen LogP contribution < -0.4 is 5.73 Å². The molecule has 0 aliphatic rings. The van der Waals surface area contributed by atoms with Gasteiger partial charge in [-0.05, 0) is 41.9 Å². The van der Waals surface area contributed by atoms with Crippen molar-refractivity contribution in [2.45, 2.75) is 31.2 Å². The third-order valence-corrected chi connectivity index (χ3v) is 5.43. The number of halogens is 1. The highest BCUT2D eigenvalue weighted by molar-refractivity contribution is 9.10. The molecule has 0 aliphatic carbocycles. The second-order valence-corrected chi connectivity index (χ2v) is 6.94. The highest BCUT2D eigenvalue weighted by atomic mass is 79.9. The molecule has 0 saturated heterocycles. The lowest BCUT2D eigenvalue weighted by atomic mass is 10.2. The number of rotatable bonds is 5. The van der Waals surface area contributed by atoms with Gasteiger partial charge < -0.3 is 5.73 Å². The van der Waals surface area contributed by atoms with Crippen LogP contribution in [0.5, 0.6) is 0 Å². The summed E-state index contributed by atoms with van der Waals surface area (Å²) < 4.78 is 2.99. The molecule has 2 rings (SSSR count). The predicted molar refractivity (Wildman–Crippen MR) is 89.2 cm³/mol. The molecule has 0 bridgehead atoms. The Morgan fingerprint density at radius 1 is 1.30 bits per heavy atom. The van der Waals surface area contributed by atoms with Gasteiger partial charge in [-0.1, -0.05) is 17.7 Å². The lowest BCUT2D eigenvalue weighted by Crippen LogP contribution is -2.26. The fourth-order valence-electron chi connectivity index (χ4n) is 2.05. The van der Waals surface area contributed by atoms with E-state index in [0.29, 0.717) is 0 Å². The molecule has 1 aromatic heterocycles. The molecule has 0 saturated carbocycles. The smallest absolute Gasteiger partial charge is 0.0738 e. The van der Waals surface area contributed by atoms with Crippen molar-refractivity contribution in [3.63, 3.8) is 0 Å². The van der Waals surface area contributed by atoms with E-state index in [4.69, 9.17) is 5.73 Å². The molecule has 5 heteroatoms. The van der Waals surface area contributed by atoms with Crippen molar-refractivity contribution >= 4 is 27.7 Å². The van der Waals surface area contributed by atoms with Gasteiger partial charge in [-0.25, -0.2) is 0 Å². The summed E-state index contributed by atoms with van der Waals surface area (Å²) in [6.07, 6.45) is 0.830. The van der Waals surface area contributed by atoms with E-state index >= 15 is 0 Å². The maximum atomic E-state index is 6.25. The molecular formula is C15H20BrN3S. The molecule has 3 nitrogen and oxygen atoms in total. The quantitative estimate of drug-likeness (QED) is 0.837. The van der Waals surface area contributed by atoms with Crippen molar-refractivity contribution in [2.75, 3.05) is 5.75 Å². The number of nitrogens with two attached hydrogens (primary N) is 1. The normalized spacial score (nSPS) is 12.7. The van der Waals surface area contributed by atoms with Crippen molar-refractivity contribution in [1.82, 2.24) is 9.78 Å². The SMILES string of the molecule is Cc1ccc(SCC(N)Cc2c(Br)c(C)nn2C)cc1. The molecule has 2 N–H and O–H groups in total. The first-order valence-electron chi connectivity index (χ1n) is 6.60. The first kappa shape index (κ1) is 15.6. The Kier molecular flexibility index (Phi) is 5.29. The average Bonchev–Trinajstić information content (AvgIpc) is 2.65. The number of aryl methyl sites for hydroxylation is 3. The number of thioether (sulfide) groups is 1. The highest BCUT2D eigenvalue weighted by Gasteiger charge is 2.14. The van der Waals surface area contributed by atoms with Crippen LogP contribution in [0.4, 0.5) is 0 Å². The van der Waals surface area contributed by atoms with Gasteiger partial charge in [0.1, 0.15) is 0 Å². The van der Waals surface area contributed by atoms with Gasteiger partial charge in [0.05, 0.1) is 15.9 Å². The van der Waals surface area contributed by atoms with Crippen LogP contribution in [0.3, 0.4) is 0 Å². The summed E-state index contributed by atoms with van der Waals surface area (Å²) in [4.78, 5) is 1.27. The van der Waals surface area contributed by atoms with Crippen LogP contribution in [-0.4, -0.2) is 21.6 Å². The summed E-state index contributed by atoms with van der Waals surface area (Å²) in [5.74, 6) is 0.903. The Labute approximate surface area is 133 Å². The molecule has 0 amide bonds. The molecule has 2 aromatic rings. The van der Waals surface area contributed by atoms with E-state index in [9.17, 15) is 0 Å². The minimum Gasteiger partial charge on any atom is -0.327 e. The molecule has 1 atom stereocenters. The van der Waals surface area contributed by atoms with Crippen LogP contribution in [0, 0.1) is 13.8 Å². The lowest BCUT2D eigenvalue weighted by Gasteiger charge is -2.12.